The molecule has 0 spiro atoms. The van der Waals surface area contributed by atoms with E-state index < -0.39 is 5.54 Å². The standard InChI is InChI=1S/C19H24FN/c1-4-19(21,17-9-6-10-18(20)13-17)16-8-5-7-15(12-16)11-14(2)3/h5-10,12-14H,4,11,21H2,1-3H3. The van der Waals surface area contributed by atoms with E-state index in [9.17, 15) is 4.39 Å². The molecule has 2 aromatic carbocycles. The topological polar surface area (TPSA) is 26.0 Å². The maximum absolute atomic E-state index is 13.5. The van der Waals surface area contributed by atoms with Gasteiger partial charge in [0.05, 0.1) is 5.54 Å². The SMILES string of the molecule is CCC(N)(c1cccc(F)c1)c1cccc(CC(C)C)c1. The van der Waals surface area contributed by atoms with Crippen molar-refractivity contribution in [1.29, 1.82) is 0 Å². The van der Waals surface area contributed by atoms with Crippen LogP contribution in [0.1, 0.15) is 43.9 Å². The van der Waals surface area contributed by atoms with E-state index in [0.29, 0.717) is 5.92 Å². The number of hydrogen-bond acceptors (Lipinski definition) is 1. The highest BCUT2D eigenvalue weighted by Crippen LogP contribution is 2.31. The summed E-state index contributed by atoms with van der Waals surface area (Å²) in [5.41, 5.74) is 9.15. The predicted octanol–water partition coefficient (Wildman–Crippen LogP) is 4.64. The number of halogens is 1. The predicted molar refractivity (Wildman–Crippen MR) is 86.6 cm³/mol. The zero-order valence-electron chi connectivity index (χ0n) is 13.1. The fraction of sp³-hybridized carbons (Fsp3) is 0.368. The van der Waals surface area contributed by atoms with Gasteiger partial charge < -0.3 is 5.73 Å². The maximum atomic E-state index is 13.5. The van der Waals surface area contributed by atoms with Crippen LogP contribution in [0.25, 0.3) is 0 Å². The van der Waals surface area contributed by atoms with Crippen LogP contribution in [0.4, 0.5) is 4.39 Å². The molecule has 1 nitrogen and oxygen atoms in total. The van der Waals surface area contributed by atoms with E-state index in [0.717, 1.165) is 24.0 Å². The molecule has 1 atom stereocenters. The third-order valence-corrected chi connectivity index (χ3v) is 3.98. The second-order valence-electron chi connectivity index (χ2n) is 6.13. The molecule has 2 aromatic rings. The highest BCUT2D eigenvalue weighted by atomic mass is 19.1. The molecule has 0 aliphatic carbocycles. The van der Waals surface area contributed by atoms with Gasteiger partial charge in [0.1, 0.15) is 5.82 Å². The largest absolute Gasteiger partial charge is 0.318 e. The van der Waals surface area contributed by atoms with Gasteiger partial charge in [0, 0.05) is 0 Å². The van der Waals surface area contributed by atoms with Crippen molar-refractivity contribution in [2.45, 2.75) is 39.2 Å². The minimum Gasteiger partial charge on any atom is -0.318 e. The average Bonchev–Trinajstić information content (AvgIpc) is 2.46. The van der Waals surface area contributed by atoms with E-state index in [1.807, 2.05) is 25.1 Å². The maximum Gasteiger partial charge on any atom is 0.123 e. The van der Waals surface area contributed by atoms with Gasteiger partial charge in [0.25, 0.3) is 0 Å². The first-order valence-electron chi connectivity index (χ1n) is 7.60. The molecule has 112 valence electrons. The molecular weight excluding hydrogens is 261 g/mol. The quantitative estimate of drug-likeness (QED) is 0.851. The van der Waals surface area contributed by atoms with Crippen molar-refractivity contribution in [2.24, 2.45) is 11.7 Å². The van der Waals surface area contributed by atoms with Gasteiger partial charge in [-0.05, 0) is 47.6 Å². The van der Waals surface area contributed by atoms with E-state index in [1.54, 1.807) is 12.1 Å². The Kier molecular flexibility index (Phi) is 4.79. The average molecular weight is 285 g/mol. The van der Waals surface area contributed by atoms with Gasteiger partial charge in [-0.1, -0.05) is 57.2 Å². The Balaban J connectivity index is 2.45. The van der Waals surface area contributed by atoms with Gasteiger partial charge in [-0.2, -0.15) is 0 Å². The van der Waals surface area contributed by atoms with E-state index in [2.05, 4.69) is 26.0 Å². The number of hydrogen-bond donors (Lipinski definition) is 1. The number of nitrogens with two attached hydrogens (primary N) is 1. The highest BCUT2D eigenvalue weighted by molar-refractivity contribution is 5.39. The summed E-state index contributed by atoms with van der Waals surface area (Å²) >= 11 is 0. The minimum absolute atomic E-state index is 0.242. The summed E-state index contributed by atoms with van der Waals surface area (Å²) in [6, 6.07) is 15.0. The molecule has 0 amide bonds. The van der Waals surface area contributed by atoms with Gasteiger partial charge in [-0.25, -0.2) is 4.39 Å². The Morgan fingerprint density at radius 2 is 1.67 bits per heavy atom. The van der Waals surface area contributed by atoms with Crippen LogP contribution >= 0.6 is 0 Å². The monoisotopic (exact) mass is 285 g/mol. The van der Waals surface area contributed by atoms with Crippen LogP contribution in [0.5, 0.6) is 0 Å². The number of benzene rings is 2. The van der Waals surface area contributed by atoms with Crippen LogP contribution in [0, 0.1) is 11.7 Å². The second kappa shape index (κ2) is 6.40. The van der Waals surface area contributed by atoms with Crippen LogP contribution in [-0.2, 0) is 12.0 Å². The zero-order chi connectivity index (χ0) is 15.5. The minimum atomic E-state index is -0.644. The fourth-order valence-electron chi connectivity index (χ4n) is 2.79. The van der Waals surface area contributed by atoms with Gasteiger partial charge in [0.2, 0.25) is 0 Å². The summed E-state index contributed by atoms with van der Waals surface area (Å²) in [6.45, 7) is 6.45. The van der Waals surface area contributed by atoms with Crippen LogP contribution in [-0.4, -0.2) is 0 Å². The summed E-state index contributed by atoms with van der Waals surface area (Å²) < 4.78 is 13.5. The van der Waals surface area contributed by atoms with Crippen LogP contribution in [0.2, 0.25) is 0 Å². The Bertz CT molecular complexity index is 606. The molecule has 2 N–H and O–H groups in total. The molecule has 0 aliphatic rings. The van der Waals surface area contributed by atoms with Crippen molar-refractivity contribution in [2.75, 3.05) is 0 Å². The summed E-state index contributed by atoms with van der Waals surface area (Å²) in [5.74, 6) is 0.359. The second-order valence-corrected chi connectivity index (χ2v) is 6.13. The molecule has 0 aliphatic heterocycles. The van der Waals surface area contributed by atoms with Crippen molar-refractivity contribution in [3.05, 3.63) is 71.0 Å². The van der Waals surface area contributed by atoms with Gasteiger partial charge in [-0.15, -0.1) is 0 Å². The molecule has 0 fully saturated rings. The molecule has 0 heterocycles. The van der Waals surface area contributed by atoms with Crippen molar-refractivity contribution in [1.82, 2.24) is 0 Å². The summed E-state index contributed by atoms with van der Waals surface area (Å²) in [4.78, 5) is 0. The molecule has 1 unspecified atom stereocenters. The molecular formula is C19H24FN. The Labute approximate surface area is 127 Å². The molecule has 2 rings (SSSR count). The van der Waals surface area contributed by atoms with Crippen molar-refractivity contribution in [3.63, 3.8) is 0 Å². The number of rotatable bonds is 5. The lowest BCUT2D eigenvalue weighted by atomic mass is 9.80. The molecule has 2 heteroatoms. The first-order valence-corrected chi connectivity index (χ1v) is 7.60. The van der Waals surface area contributed by atoms with Crippen molar-refractivity contribution < 1.29 is 4.39 Å². The lowest BCUT2D eigenvalue weighted by Crippen LogP contribution is -2.37. The van der Waals surface area contributed by atoms with E-state index in [4.69, 9.17) is 5.73 Å². The molecule has 0 radical (unpaired) electrons. The van der Waals surface area contributed by atoms with Crippen LogP contribution in [0.3, 0.4) is 0 Å². The third-order valence-electron chi connectivity index (χ3n) is 3.98. The van der Waals surface area contributed by atoms with Gasteiger partial charge in [-0.3, -0.25) is 0 Å². The Morgan fingerprint density at radius 3 is 2.24 bits per heavy atom. The van der Waals surface area contributed by atoms with Crippen LogP contribution < -0.4 is 5.73 Å². The normalized spacial score (nSPS) is 14.2. The van der Waals surface area contributed by atoms with E-state index >= 15 is 0 Å². The summed E-state index contributed by atoms with van der Waals surface area (Å²) in [6.07, 6.45) is 1.75. The zero-order valence-corrected chi connectivity index (χ0v) is 13.1. The van der Waals surface area contributed by atoms with Gasteiger partial charge in [0.15, 0.2) is 0 Å². The lowest BCUT2D eigenvalue weighted by Gasteiger charge is -2.30. The lowest BCUT2D eigenvalue weighted by molar-refractivity contribution is 0.511. The molecule has 0 aromatic heterocycles. The van der Waals surface area contributed by atoms with E-state index in [-0.39, 0.29) is 5.82 Å². The van der Waals surface area contributed by atoms with Crippen LogP contribution in [0.15, 0.2) is 48.5 Å². The van der Waals surface area contributed by atoms with Crippen molar-refractivity contribution in [3.8, 4) is 0 Å². The molecule has 0 saturated heterocycles. The third kappa shape index (κ3) is 3.51. The Morgan fingerprint density at radius 1 is 1.05 bits per heavy atom. The highest BCUT2D eigenvalue weighted by Gasteiger charge is 2.28. The summed E-state index contributed by atoms with van der Waals surface area (Å²) in [5, 5.41) is 0. The molecule has 0 bridgehead atoms. The van der Waals surface area contributed by atoms with Crippen molar-refractivity contribution >= 4 is 0 Å². The summed E-state index contributed by atoms with van der Waals surface area (Å²) in [7, 11) is 0. The molecule has 0 saturated carbocycles. The first kappa shape index (κ1) is 15.7. The van der Waals surface area contributed by atoms with E-state index in [1.165, 1.54) is 11.6 Å². The molecule has 21 heavy (non-hydrogen) atoms. The fourth-order valence-corrected chi connectivity index (χ4v) is 2.79. The van der Waals surface area contributed by atoms with Gasteiger partial charge >= 0.3 is 0 Å². The first-order chi connectivity index (χ1) is 9.95. The smallest absolute Gasteiger partial charge is 0.123 e. The Hall–Kier alpha value is -1.67.